The van der Waals surface area contributed by atoms with Crippen molar-refractivity contribution in [3.8, 4) is 0 Å². The Morgan fingerprint density at radius 3 is 2.05 bits per heavy atom. The Bertz CT molecular complexity index is 1100. The first-order valence-corrected chi connectivity index (χ1v) is 16.0. The summed E-state index contributed by atoms with van der Waals surface area (Å²) in [5.74, 6) is 0. The van der Waals surface area contributed by atoms with Crippen LogP contribution in [0, 0.1) is 0 Å². The van der Waals surface area contributed by atoms with Crippen LogP contribution >= 0.6 is 0 Å². The van der Waals surface area contributed by atoms with E-state index in [4.69, 9.17) is 0 Å². The van der Waals surface area contributed by atoms with Crippen molar-refractivity contribution in [2.45, 2.75) is 124 Å². The second-order valence-electron chi connectivity index (χ2n) is 11.2. The number of hydrogen-bond donors (Lipinski definition) is 0. The van der Waals surface area contributed by atoms with Gasteiger partial charge in [0.1, 0.15) is 0 Å². The molecule has 2 aromatic carbocycles. The third-order valence-electron chi connectivity index (χ3n) is 7.92. The molecule has 0 N–H and O–H groups in total. The Labute approximate surface area is 239 Å². The first-order valence-electron chi connectivity index (χ1n) is 16.0. The average molecular weight is 525 g/mol. The Balaban J connectivity index is 1.73. The lowest BCUT2D eigenvalue weighted by Crippen LogP contribution is -2.04. The maximum atomic E-state index is 11.6. The van der Waals surface area contributed by atoms with Crippen LogP contribution in [-0.2, 0) is 12.8 Å². The highest BCUT2D eigenvalue weighted by molar-refractivity contribution is 5.79. The topological polar surface area (TPSA) is 25.3 Å². The zero-order valence-electron chi connectivity index (χ0n) is 25.1. The predicted molar refractivity (Wildman–Crippen MR) is 170 cm³/mol. The van der Waals surface area contributed by atoms with Crippen molar-refractivity contribution in [2.75, 3.05) is 0 Å². The molecule has 2 nitrogen and oxygen atoms in total. The van der Waals surface area contributed by atoms with Gasteiger partial charge in [0, 0.05) is 22.8 Å². The first kappa shape index (κ1) is 30.8. The number of nitrogens with zero attached hydrogens (tertiary/aromatic N) is 2. The fourth-order valence-electron chi connectivity index (χ4n) is 5.52. The lowest BCUT2D eigenvalue weighted by atomic mass is 9.98. The highest BCUT2D eigenvalue weighted by Crippen LogP contribution is 2.38. The summed E-state index contributed by atoms with van der Waals surface area (Å²) < 4.78 is 1.47. The molecule has 2 heteroatoms. The number of benzene rings is 2. The molecule has 1 heterocycles. The van der Waals surface area contributed by atoms with Gasteiger partial charge < -0.3 is 5.53 Å². The summed E-state index contributed by atoms with van der Waals surface area (Å²) in [5, 5.41) is 0. The third kappa shape index (κ3) is 9.75. The number of unbranched alkanes of at least 4 members (excludes halogenated alkanes) is 9. The van der Waals surface area contributed by atoms with Gasteiger partial charge in [0.15, 0.2) is 0 Å². The number of allylic oxidation sites excluding steroid dienone is 4. The van der Waals surface area contributed by atoms with Crippen LogP contribution in [0.25, 0.3) is 16.9 Å². The Hall–Kier alpha value is -2.74. The molecule has 0 aliphatic carbocycles. The molecule has 0 bridgehead atoms. The molecule has 39 heavy (non-hydrogen) atoms. The zero-order chi connectivity index (χ0) is 27.7. The Morgan fingerprint density at radius 1 is 0.641 bits per heavy atom. The van der Waals surface area contributed by atoms with Gasteiger partial charge in [-0.2, -0.15) is 0 Å². The average Bonchev–Trinajstić information content (AvgIpc) is 3.29. The molecule has 210 valence electrons. The standard InChI is InChI=1S/C37H52N2/c1-4-7-10-12-13-14-15-16-18-22-32-23-19-20-25-35(32)36-30-34(24-17-11-8-5-2)37(39(36)38)33-28-26-31(27-29-33)21-9-6-3/h15-16,19-20,23,25-30H,4-14,17-18,21-22,24H2,1-3H3. The molecule has 0 fully saturated rings. The molecule has 0 aromatic heterocycles. The van der Waals surface area contributed by atoms with Crippen LogP contribution in [0.3, 0.4) is 0 Å². The molecule has 2 aromatic rings. The lowest BCUT2D eigenvalue weighted by Gasteiger charge is -2.12. The summed E-state index contributed by atoms with van der Waals surface area (Å²) in [7, 11) is 0. The molecule has 0 atom stereocenters. The van der Waals surface area contributed by atoms with Crippen molar-refractivity contribution in [1.29, 1.82) is 0 Å². The molecule has 1 aliphatic heterocycles. The summed E-state index contributed by atoms with van der Waals surface area (Å²) in [4.78, 5) is 0. The number of hydrogen-bond acceptors (Lipinski definition) is 0. The third-order valence-corrected chi connectivity index (χ3v) is 7.92. The van der Waals surface area contributed by atoms with Crippen LogP contribution in [0.5, 0.6) is 0 Å². The molecule has 0 unspecified atom stereocenters. The van der Waals surface area contributed by atoms with Gasteiger partial charge in [-0.1, -0.05) is 115 Å². The van der Waals surface area contributed by atoms with Crippen LogP contribution in [0.4, 0.5) is 0 Å². The van der Waals surface area contributed by atoms with Crippen LogP contribution in [0.2, 0.25) is 0 Å². The van der Waals surface area contributed by atoms with Gasteiger partial charge in [-0.15, -0.1) is 0 Å². The molecular weight excluding hydrogens is 472 g/mol. The van der Waals surface area contributed by atoms with Gasteiger partial charge in [-0.05, 0) is 80.7 Å². The van der Waals surface area contributed by atoms with Crippen molar-refractivity contribution < 1.29 is 4.70 Å². The van der Waals surface area contributed by atoms with Gasteiger partial charge in [0.25, 0.3) is 0 Å². The largest absolute Gasteiger partial charge is 0.493 e. The van der Waals surface area contributed by atoms with E-state index in [1.165, 1.54) is 92.0 Å². The number of rotatable bonds is 19. The summed E-state index contributed by atoms with van der Waals surface area (Å²) in [5.41, 5.74) is 19.6. The zero-order valence-corrected chi connectivity index (χ0v) is 25.1. The van der Waals surface area contributed by atoms with E-state index in [0.717, 1.165) is 54.6 Å². The fraction of sp³-hybridized carbons (Fsp3) is 0.514. The summed E-state index contributed by atoms with van der Waals surface area (Å²) in [6, 6.07) is 17.5. The SMILES string of the molecule is CCCCCCCC=CCCc1ccccc1C1=CC(CCCCCC)=C(c2ccc(CCCC)cc2)[N+]1=[N-]. The molecular formula is C37H52N2. The molecule has 3 rings (SSSR count). The van der Waals surface area contributed by atoms with Crippen LogP contribution in [-0.4, -0.2) is 4.70 Å². The summed E-state index contributed by atoms with van der Waals surface area (Å²) in [6.45, 7) is 6.77. The molecule has 1 aliphatic rings. The smallest absolute Gasteiger partial charge is 0.210 e. The van der Waals surface area contributed by atoms with E-state index in [9.17, 15) is 5.53 Å². The molecule has 0 saturated carbocycles. The monoisotopic (exact) mass is 524 g/mol. The van der Waals surface area contributed by atoms with E-state index >= 15 is 0 Å². The second kappa shape index (κ2) is 17.8. The summed E-state index contributed by atoms with van der Waals surface area (Å²) in [6.07, 6.45) is 26.3. The lowest BCUT2D eigenvalue weighted by molar-refractivity contribution is -0.344. The van der Waals surface area contributed by atoms with E-state index in [1.807, 2.05) is 0 Å². The van der Waals surface area contributed by atoms with Gasteiger partial charge >= 0.3 is 0 Å². The van der Waals surface area contributed by atoms with Crippen LogP contribution < -0.4 is 0 Å². The van der Waals surface area contributed by atoms with Gasteiger partial charge in [0.05, 0.1) is 0 Å². The minimum absolute atomic E-state index is 0.918. The van der Waals surface area contributed by atoms with E-state index in [-0.39, 0.29) is 0 Å². The van der Waals surface area contributed by atoms with Gasteiger partial charge in [-0.25, -0.2) is 4.70 Å². The summed E-state index contributed by atoms with van der Waals surface area (Å²) >= 11 is 0. The van der Waals surface area contributed by atoms with E-state index in [0.29, 0.717) is 0 Å². The fourth-order valence-corrected chi connectivity index (χ4v) is 5.52. The quantitative estimate of drug-likeness (QED) is 0.0992. The Kier molecular flexibility index (Phi) is 14.0. The van der Waals surface area contributed by atoms with Crippen molar-refractivity contribution in [1.82, 2.24) is 0 Å². The van der Waals surface area contributed by atoms with Crippen molar-refractivity contribution in [3.63, 3.8) is 0 Å². The van der Waals surface area contributed by atoms with E-state index in [2.05, 4.69) is 87.5 Å². The van der Waals surface area contributed by atoms with Crippen molar-refractivity contribution >= 4 is 11.4 Å². The minimum Gasteiger partial charge on any atom is -0.493 e. The molecule has 0 amide bonds. The van der Waals surface area contributed by atoms with Crippen molar-refractivity contribution in [3.05, 3.63) is 100 Å². The predicted octanol–water partition coefficient (Wildman–Crippen LogP) is 11.6. The maximum Gasteiger partial charge on any atom is 0.210 e. The van der Waals surface area contributed by atoms with Gasteiger partial charge in [0.2, 0.25) is 11.4 Å². The molecule has 0 radical (unpaired) electrons. The first-order chi connectivity index (χ1) is 19.2. The number of aryl methyl sites for hydroxylation is 2. The van der Waals surface area contributed by atoms with Crippen LogP contribution in [0.1, 0.15) is 133 Å². The molecule has 0 saturated heterocycles. The Morgan fingerprint density at radius 2 is 1.31 bits per heavy atom. The van der Waals surface area contributed by atoms with Crippen molar-refractivity contribution in [2.24, 2.45) is 0 Å². The van der Waals surface area contributed by atoms with Crippen LogP contribution in [0.15, 0.2) is 72.3 Å². The normalized spacial score (nSPS) is 13.6. The highest BCUT2D eigenvalue weighted by atomic mass is 15.2. The van der Waals surface area contributed by atoms with E-state index in [1.54, 1.807) is 0 Å². The van der Waals surface area contributed by atoms with Gasteiger partial charge in [-0.3, -0.25) is 0 Å². The van der Waals surface area contributed by atoms with E-state index < -0.39 is 0 Å². The molecule has 0 spiro atoms. The second-order valence-corrected chi connectivity index (χ2v) is 11.2. The minimum atomic E-state index is 0.918. The highest BCUT2D eigenvalue weighted by Gasteiger charge is 2.29. The maximum absolute atomic E-state index is 11.6.